The molecule has 0 amide bonds. The highest BCUT2D eigenvalue weighted by atomic mass is 32.2. The van der Waals surface area contributed by atoms with Gasteiger partial charge in [0.15, 0.2) is 4.90 Å². The fraction of sp³-hybridized carbons (Fsp3) is 0.143. The smallest absolute Gasteiger partial charge is 0.158 e. The minimum atomic E-state index is -2.06. The van der Waals surface area contributed by atoms with Gasteiger partial charge in [0, 0.05) is 5.56 Å². The van der Waals surface area contributed by atoms with Crippen LogP contribution in [0.1, 0.15) is 5.56 Å². The Hall–Kier alpha value is -1.61. The van der Waals surface area contributed by atoms with Crippen molar-refractivity contribution in [3.63, 3.8) is 0 Å². The summed E-state index contributed by atoms with van der Waals surface area (Å²) in [6, 6.07) is 16.4. The number of hydrogen-bond acceptors (Lipinski definition) is 2. The van der Waals surface area contributed by atoms with E-state index in [4.69, 9.17) is 0 Å². The Labute approximate surface area is 102 Å². The van der Waals surface area contributed by atoms with Crippen LogP contribution in [0.4, 0.5) is 0 Å². The van der Waals surface area contributed by atoms with Gasteiger partial charge in [0.2, 0.25) is 0 Å². The van der Waals surface area contributed by atoms with E-state index in [-0.39, 0.29) is 5.75 Å². The first-order valence-corrected chi connectivity index (χ1v) is 7.51. The summed E-state index contributed by atoms with van der Waals surface area (Å²) in [4.78, 5) is 0.869. The highest BCUT2D eigenvalue weighted by Crippen LogP contribution is 2.22. The molecule has 0 aliphatic rings. The molecular formula is C14H15O2S+. The molecule has 3 heteroatoms. The molecule has 2 aromatic carbocycles. The maximum absolute atomic E-state index is 12.6. The Morgan fingerprint density at radius 1 is 1.00 bits per heavy atom. The Bertz CT molecular complexity index is 532. The molecule has 2 nitrogen and oxygen atoms in total. The zero-order valence-corrected chi connectivity index (χ0v) is 10.5. The molecule has 1 atom stereocenters. The van der Waals surface area contributed by atoms with Gasteiger partial charge >= 0.3 is 0 Å². The van der Waals surface area contributed by atoms with E-state index in [0.717, 1.165) is 10.5 Å². The molecule has 0 aromatic heterocycles. The number of benzene rings is 2. The molecule has 0 radical (unpaired) electrons. The second-order valence-electron chi connectivity index (χ2n) is 4.13. The first-order chi connectivity index (χ1) is 8.08. The van der Waals surface area contributed by atoms with Crippen molar-refractivity contribution < 1.29 is 9.32 Å². The lowest BCUT2D eigenvalue weighted by atomic mass is 10.2. The number of phenolic OH excluding ortho intramolecular Hbond substituents is 1. The van der Waals surface area contributed by atoms with E-state index in [9.17, 15) is 9.32 Å². The zero-order valence-electron chi connectivity index (χ0n) is 9.67. The van der Waals surface area contributed by atoms with Crippen LogP contribution in [-0.2, 0) is 19.9 Å². The number of aromatic hydroxyl groups is 1. The van der Waals surface area contributed by atoms with Crippen LogP contribution in [0.2, 0.25) is 0 Å². The fourth-order valence-electron chi connectivity index (χ4n) is 1.70. The summed E-state index contributed by atoms with van der Waals surface area (Å²) < 4.78 is 12.6. The average molecular weight is 247 g/mol. The van der Waals surface area contributed by atoms with Crippen molar-refractivity contribution in [2.24, 2.45) is 0 Å². The highest BCUT2D eigenvalue weighted by molar-refractivity contribution is 8.01. The molecule has 1 unspecified atom stereocenters. The van der Waals surface area contributed by atoms with Gasteiger partial charge in [-0.05, 0) is 24.3 Å². The van der Waals surface area contributed by atoms with Crippen molar-refractivity contribution in [3.05, 3.63) is 60.2 Å². The molecule has 17 heavy (non-hydrogen) atoms. The van der Waals surface area contributed by atoms with Gasteiger partial charge in [-0.1, -0.05) is 34.5 Å². The van der Waals surface area contributed by atoms with Crippen LogP contribution in [0.5, 0.6) is 5.75 Å². The van der Waals surface area contributed by atoms with Crippen molar-refractivity contribution in [2.45, 2.75) is 10.6 Å². The van der Waals surface area contributed by atoms with E-state index in [1.54, 1.807) is 30.5 Å². The van der Waals surface area contributed by atoms with Gasteiger partial charge in [-0.25, -0.2) is 0 Å². The Morgan fingerprint density at radius 2 is 1.59 bits per heavy atom. The van der Waals surface area contributed by atoms with Gasteiger partial charge in [0.05, 0.1) is 0 Å². The first-order valence-electron chi connectivity index (χ1n) is 5.38. The third-order valence-corrected chi connectivity index (χ3v) is 4.77. The van der Waals surface area contributed by atoms with Crippen LogP contribution in [0.25, 0.3) is 0 Å². The third-order valence-electron chi connectivity index (χ3n) is 2.62. The molecule has 1 N–H and O–H groups in total. The minimum absolute atomic E-state index is 0.232. The molecule has 0 fully saturated rings. The zero-order chi connectivity index (χ0) is 12.3. The normalized spacial score (nSPS) is 14.2. The number of hydrogen-bond donors (Lipinski definition) is 1. The van der Waals surface area contributed by atoms with Gasteiger partial charge in [0.25, 0.3) is 0 Å². The lowest BCUT2D eigenvalue weighted by molar-refractivity contribution is 0.475. The fourth-order valence-corrected chi connectivity index (χ4v) is 3.43. The van der Waals surface area contributed by atoms with Crippen molar-refractivity contribution in [1.29, 1.82) is 0 Å². The standard InChI is InChI=1S/C14H14O2S/c1-17(16,14-5-3-2-4-6-14)11-12-7-9-13(15)10-8-12/h2-10H,11H2,1H3/p+1. The summed E-state index contributed by atoms with van der Waals surface area (Å²) in [6.07, 6.45) is 1.77. The first kappa shape index (κ1) is 11.9. The lowest BCUT2D eigenvalue weighted by Gasteiger charge is -2.07. The summed E-state index contributed by atoms with van der Waals surface area (Å²) in [5.74, 6) is 0.730. The van der Waals surface area contributed by atoms with E-state index in [0.29, 0.717) is 5.75 Å². The lowest BCUT2D eigenvalue weighted by Crippen LogP contribution is -2.11. The maximum Gasteiger partial charge on any atom is 0.158 e. The topological polar surface area (TPSA) is 37.3 Å². The SMILES string of the molecule is C[S+](=O)(Cc1ccc(O)cc1)c1ccccc1. The van der Waals surface area contributed by atoms with Crippen molar-refractivity contribution in [1.82, 2.24) is 0 Å². The molecule has 0 saturated heterocycles. The summed E-state index contributed by atoms with van der Waals surface area (Å²) in [7, 11) is -2.06. The second-order valence-corrected chi connectivity index (χ2v) is 6.90. The van der Waals surface area contributed by atoms with Crippen LogP contribution in [0.3, 0.4) is 0 Å². The summed E-state index contributed by atoms with van der Waals surface area (Å²) in [6.45, 7) is 0. The highest BCUT2D eigenvalue weighted by Gasteiger charge is 2.24. The van der Waals surface area contributed by atoms with E-state index in [1.165, 1.54) is 0 Å². The van der Waals surface area contributed by atoms with Crippen molar-refractivity contribution >= 4 is 9.93 Å². The summed E-state index contributed by atoms with van der Waals surface area (Å²) >= 11 is 0. The van der Waals surface area contributed by atoms with Crippen LogP contribution < -0.4 is 0 Å². The Kier molecular flexibility index (Phi) is 3.29. The molecule has 2 aromatic rings. The molecule has 2 rings (SSSR count). The summed E-state index contributed by atoms with van der Waals surface area (Å²) in [5, 5.41) is 9.20. The Balaban J connectivity index is 2.23. The van der Waals surface area contributed by atoms with Crippen LogP contribution in [0.15, 0.2) is 59.5 Å². The average Bonchev–Trinajstić information content (AvgIpc) is 2.33. The second kappa shape index (κ2) is 4.72. The van der Waals surface area contributed by atoms with Gasteiger partial charge in [-0.2, -0.15) is 0 Å². The molecule has 0 aliphatic carbocycles. The molecule has 0 aliphatic heterocycles. The monoisotopic (exact) mass is 247 g/mol. The quantitative estimate of drug-likeness (QED) is 0.846. The van der Waals surface area contributed by atoms with Gasteiger partial charge in [-0.3, -0.25) is 0 Å². The van der Waals surface area contributed by atoms with Crippen LogP contribution in [-0.4, -0.2) is 11.4 Å². The van der Waals surface area contributed by atoms with E-state index in [2.05, 4.69) is 0 Å². The van der Waals surface area contributed by atoms with E-state index in [1.807, 2.05) is 30.3 Å². The molecular weight excluding hydrogens is 232 g/mol. The predicted molar refractivity (Wildman–Crippen MR) is 70.5 cm³/mol. The van der Waals surface area contributed by atoms with Crippen LogP contribution in [0, 0.1) is 0 Å². The third kappa shape index (κ3) is 2.94. The maximum atomic E-state index is 12.6. The van der Waals surface area contributed by atoms with E-state index >= 15 is 0 Å². The largest absolute Gasteiger partial charge is 0.508 e. The number of phenols is 1. The molecule has 88 valence electrons. The molecule has 0 spiro atoms. The molecule has 0 heterocycles. The van der Waals surface area contributed by atoms with Crippen molar-refractivity contribution in [3.8, 4) is 5.75 Å². The van der Waals surface area contributed by atoms with Crippen LogP contribution >= 0.6 is 0 Å². The van der Waals surface area contributed by atoms with E-state index < -0.39 is 9.93 Å². The van der Waals surface area contributed by atoms with Gasteiger partial charge in [0.1, 0.15) is 27.7 Å². The van der Waals surface area contributed by atoms with Crippen molar-refractivity contribution in [2.75, 3.05) is 6.26 Å². The summed E-state index contributed by atoms with van der Waals surface area (Å²) in [5.41, 5.74) is 0.971. The minimum Gasteiger partial charge on any atom is -0.508 e. The Morgan fingerprint density at radius 3 is 2.18 bits per heavy atom. The van der Waals surface area contributed by atoms with Gasteiger partial charge < -0.3 is 5.11 Å². The van der Waals surface area contributed by atoms with Gasteiger partial charge in [-0.15, -0.1) is 0 Å². The number of rotatable bonds is 3. The molecule has 0 bridgehead atoms. The predicted octanol–water partition coefficient (Wildman–Crippen LogP) is 3.08. The molecule has 0 saturated carbocycles.